The molecule has 0 saturated heterocycles. The predicted octanol–water partition coefficient (Wildman–Crippen LogP) is 2.16. The lowest BCUT2D eigenvalue weighted by Crippen LogP contribution is -2.08. The molecule has 3 heterocycles. The molecule has 3 aromatic heterocycles. The molecule has 8 nitrogen and oxygen atoms in total. The van der Waals surface area contributed by atoms with Crippen molar-refractivity contribution in [3.05, 3.63) is 72.4 Å². The van der Waals surface area contributed by atoms with Gasteiger partial charge in [0.1, 0.15) is 11.6 Å². The molecule has 0 fully saturated rings. The van der Waals surface area contributed by atoms with Gasteiger partial charge in [-0.05, 0) is 47.2 Å². The van der Waals surface area contributed by atoms with Crippen LogP contribution >= 0.6 is 0 Å². The van der Waals surface area contributed by atoms with Crippen LogP contribution in [-0.4, -0.2) is 34.7 Å². The molecule has 0 atom stereocenters. The van der Waals surface area contributed by atoms with Crippen LogP contribution in [0, 0.1) is 6.92 Å². The summed E-state index contributed by atoms with van der Waals surface area (Å²) in [5.41, 5.74) is 1.97. The van der Waals surface area contributed by atoms with Crippen LogP contribution in [0.3, 0.4) is 0 Å². The summed E-state index contributed by atoms with van der Waals surface area (Å²) in [6, 6.07) is 13.7. The monoisotopic (exact) mass is 332 g/mol. The summed E-state index contributed by atoms with van der Waals surface area (Å²) < 4.78 is 3.61. The number of aromatic nitrogens is 7. The molecule has 0 aliphatic carbocycles. The lowest BCUT2D eigenvalue weighted by atomic mass is 10.2. The largest absolute Gasteiger partial charge is 0.349 e. The van der Waals surface area contributed by atoms with Crippen LogP contribution in [0.2, 0.25) is 0 Å². The Balaban J connectivity index is 1.53. The standard InChI is InChI=1S/C17H16N8/c1-13-18-9-10-24(13)16-11-14(7-8-19-16)12-20-17-21-22-23-25(17)15-5-3-2-4-6-15/h2-11H,12H2,1H3,(H,20,21,23). The number of anilines is 1. The molecule has 0 radical (unpaired) electrons. The maximum atomic E-state index is 4.40. The Morgan fingerprint density at radius 2 is 1.92 bits per heavy atom. The average Bonchev–Trinajstić information content (AvgIpc) is 3.30. The lowest BCUT2D eigenvalue weighted by Gasteiger charge is -2.09. The van der Waals surface area contributed by atoms with Gasteiger partial charge in [-0.15, -0.1) is 0 Å². The van der Waals surface area contributed by atoms with Crippen LogP contribution in [-0.2, 0) is 6.54 Å². The molecule has 1 aromatic carbocycles. The Morgan fingerprint density at radius 1 is 1.04 bits per heavy atom. The molecular formula is C17H16N8. The molecule has 8 heteroatoms. The summed E-state index contributed by atoms with van der Waals surface area (Å²) >= 11 is 0. The number of nitrogens with zero attached hydrogens (tertiary/aromatic N) is 7. The van der Waals surface area contributed by atoms with E-state index in [0.717, 1.165) is 22.9 Å². The number of benzene rings is 1. The highest BCUT2D eigenvalue weighted by molar-refractivity contribution is 5.39. The number of para-hydroxylation sites is 1. The second kappa shape index (κ2) is 6.52. The third kappa shape index (κ3) is 3.09. The molecule has 4 rings (SSSR count). The summed E-state index contributed by atoms with van der Waals surface area (Å²) in [6.07, 6.45) is 5.44. The summed E-state index contributed by atoms with van der Waals surface area (Å²) in [5, 5.41) is 15.1. The van der Waals surface area contributed by atoms with Gasteiger partial charge in [-0.3, -0.25) is 4.57 Å². The van der Waals surface area contributed by atoms with E-state index in [4.69, 9.17) is 0 Å². The van der Waals surface area contributed by atoms with Crippen molar-refractivity contribution in [3.8, 4) is 11.5 Å². The highest BCUT2D eigenvalue weighted by atomic mass is 15.6. The number of imidazole rings is 1. The SMILES string of the molecule is Cc1nccn1-c1cc(CNc2nnnn2-c2ccccc2)ccn1. The van der Waals surface area contributed by atoms with E-state index in [2.05, 4.69) is 30.8 Å². The van der Waals surface area contributed by atoms with E-state index >= 15 is 0 Å². The molecule has 0 spiro atoms. The highest BCUT2D eigenvalue weighted by Gasteiger charge is 2.08. The number of pyridine rings is 1. The Kier molecular flexibility index (Phi) is 3.91. The number of rotatable bonds is 5. The minimum Gasteiger partial charge on any atom is -0.349 e. The zero-order chi connectivity index (χ0) is 17.1. The molecule has 0 bridgehead atoms. The normalized spacial score (nSPS) is 10.8. The summed E-state index contributed by atoms with van der Waals surface area (Å²) in [4.78, 5) is 8.63. The molecule has 4 aromatic rings. The molecule has 25 heavy (non-hydrogen) atoms. The first-order chi connectivity index (χ1) is 12.3. The van der Waals surface area contributed by atoms with Gasteiger partial charge in [0.05, 0.1) is 5.69 Å². The zero-order valence-corrected chi connectivity index (χ0v) is 13.6. The van der Waals surface area contributed by atoms with E-state index in [9.17, 15) is 0 Å². The molecule has 0 aliphatic heterocycles. The van der Waals surface area contributed by atoms with Crippen LogP contribution in [0.15, 0.2) is 61.1 Å². The van der Waals surface area contributed by atoms with Crippen LogP contribution < -0.4 is 5.32 Å². The number of tetrazole rings is 1. The van der Waals surface area contributed by atoms with Gasteiger partial charge < -0.3 is 5.32 Å². The van der Waals surface area contributed by atoms with E-state index in [-0.39, 0.29) is 0 Å². The van der Waals surface area contributed by atoms with Gasteiger partial charge in [0.15, 0.2) is 0 Å². The van der Waals surface area contributed by atoms with Crippen molar-refractivity contribution < 1.29 is 0 Å². The summed E-state index contributed by atoms with van der Waals surface area (Å²) in [6.45, 7) is 2.52. The van der Waals surface area contributed by atoms with E-state index in [1.165, 1.54) is 0 Å². The quantitative estimate of drug-likeness (QED) is 0.603. The van der Waals surface area contributed by atoms with Crippen molar-refractivity contribution in [3.63, 3.8) is 0 Å². The molecule has 0 amide bonds. The number of nitrogens with one attached hydrogen (secondary N) is 1. The van der Waals surface area contributed by atoms with Gasteiger partial charge in [-0.2, -0.15) is 4.68 Å². The summed E-state index contributed by atoms with van der Waals surface area (Å²) in [7, 11) is 0. The first-order valence-electron chi connectivity index (χ1n) is 7.84. The van der Waals surface area contributed by atoms with E-state index < -0.39 is 0 Å². The van der Waals surface area contributed by atoms with Crippen LogP contribution in [0.1, 0.15) is 11.4 Å². The number of hydrogen-bond acceptors (Lipinski definition) is 6. The Bertz CT molecular complexity index is 973. The molecule has 1 N–H and O–H groups in total. The molecule has 124 valence electrons. The van der Waals surface area contributed by atoms with Crippen molar-refractivity contribution in [2.75, 3.05) is 5.32 Å². The second-order valence-electron chi connectivity index (χ2n) is 5.47. The molecule has 0 saturated carbocycles. The first kappa shape index (κ1) is 15.0. The second-order valence-corrected chi connectivity index (χ2v) is 5.47. The lowest BCUT2D eigenvalue weighted by molar-refractivity contribution is 0.789. The Labute approximate surface area is 144 Å². The van der Waals surface area contributed by atoms with Gasteiger partial charge in [0.2, 0.25) is 5.95 Å². The third-order valence-corrected chi connectivity index (χ3v) is 3.80. The smallest absolute Gasteiger partial charge is 0.248 e. The van der Waals surface area contributed by atoms with Crippen molar-refractivity contribution in [1.29, 1.82) is 0 Å². The van der Waals surface area contributed by atoms with E-state index in [1.54, 1.807) is 17.1 Å². The topological polar surface area (TPSA) is 86.3 Å². The van der Waals surface area contributed by atoms with Gasteiger partial charge in [-0.1, -0.05) is 23.3 Å². The fourth-order valence-electron chi connectivity index (χ4n) is 2.54. The molecular weight excluding hydrogens is 316 g/mol. The van der Waals surface area contributed by atoms with Crippen molar-refractivity contribution in [2.45, 2.75) is 13.5 Å². The fourth-order valence-corrected chi connectivity index (χ4v) is 2.54. The van der Waals surface area contributed by atoms with Crippen molar-refractivity contribution in [2.24, 2.45) is 0 Å². The van der Waals surface area contributed by atoms with Crippen LogP contribution in [0.4, 0.5) is 5.95 Å². The van der Waals surface area contributed by atoms with Crippen molar-refractivity contribution in [1.82, 2.24) is 34.7 Å². The number of aryl methyl sites for hydroxylation is 1. The highest BCUT2D eigenvalue weighted by Crippen LogP contribution is 2.13. The van der Waals surface area contributed by atoms with E-state index in [1.807, 2.05) is 60.2 Å². The number of hydrogen-bond donors (Lipinski definition) is 1. The van der Waals surface area contributed by atoms with Crippen molar-refractivity contribution >= 4 is 5.95 Å². The minimum absolute atomic E-state index is 0.580. The van der Waals surface area contributed by atoms with Gasteiger partial charge >= 0.3 is 0 Å². The minimum atomic E-state index is 0.580. The Morgan fingerprint density at radius 3 is 2.72 bits per heavy atom. The van der Waals surface area contributed by atoms with Crippen LogP contribution in [0.25, 0.3) is 11.5 Å². The zero-order valence-electron chi connectivity index (χ0n) is 13.6. The average molecular weight is 332 g/mol. The Hall–Kier alpha value is -3.55. The first-order valence-corrected chi connectivity index (χ1v) is 7.84. The van der Waals surface area contributed by atoms with Crippen LogP contribution in [0.5, 0.6) is 0 Å². The van der Waals surface area contributed by atoms with Gasteiger partial charge in [0, 0.05) is 25.1 Å². The molecule has 0 unspecified atom stereocenters. The third-order valence-electron chi connectivity index (χ3n) is 3.80. The maximum absolute atomic E-state index is 4.40. The predicted molar refractivity (Wildman–Crippen MR) is 92.6 cm³/mol. The maximum Gasteiger partial charge on any atom is 0.248 e. The van der Waals surface area contributed by atoms with Gasteiger partial charge in [0.25, 0.3) is 0 Å². The fraction of sp³-hybridized carbons (Fsp3) is 0.118. The van der Waals surface area contributed by atoms with Gasteiger partial charge in [-0.25, -0.2) is 9.97 Å². The summed E-state index contributed by atoms with van der Waals surface area (Å²) in [5.74, 6) is 2.31. The van der Waals surface area contributed by atoms with E-state index in [0.29, 0.717) is 12.5 Å². The molecule has 0 aliphatic rings.